The SMILES string of the molecule is NC1CCC(O)(CNC2CCCS2(=O)=O)C1. The molecule has 16 heavy (non-hydrogen) atoms. The summed E-state index contributed by atoms with van der Waals surface area (Å²) in [6.45, 7) is 0.338. The van der Waals surface area contributed by atoms with Gasteiger partial charge in [-0.25, -0.2) is 8.42 Å². The van der Waals surface area contributed by atoms with Gasteiger partial charge in [-0.1, -0.05) is 0 Å². The monoisotopic (exact) mass is 248 g/mol. The Labute approximate surface area is 96.3 Å². The zero-order valence-corrected chi connectivity index (χ0v) is 10.2. The number of hydrogen-bond acceptors (Lipinski definition) is 5. The Bertz CT molecular complexity index is 357. The lowest BCUT2D eigenvalue weighted by atomic mass is 10.0. The highest BCUT2D eigenvalue weighted by Crippen LogP contribution is 2.29. The smallest absolute Gasteiger partial charge is 0.166 e. The molecular weight excluding hydrogens is 228 g/mol. The lowest BCUT2D eigenvalue weighted by Gasteiger charge is -2.24. The van der Waals surface area contributed by atoms with Crippen LogP contribution in [-0.2, 0) is 9.84 Å². The second-order valence-electron chi connectivity index (χ2n) is 5.11. The number of nitrogens with two attached hydrogens (primary N) is 1. The van der Waals surface area contributed by atoms with Crippen LogP contribution in [0.2, 0.25) is 0 Å². The normalized spacial score (nSPS) is 42.6. The molecule has 0 bridgehead atoms. The topological polar surface area (TPSA) is 92.4 Å². The Kier molecular flexibility index (Phi) is 3.27. The van der Waals surface area contributed by atoms with E-state index in [9.17, 15) is 13.5 Å². The fourth-order valence-electron chi connectivity index (χ4n) is 2.63. The fraction of sp³-hybridized carbons (Fsp3) is 1.00. The van der Waals surface area contributed by atoms with Crippen LogP contribution >= 0.6 is 0 Å². The van der Waals surface area contributed by atoms with E-state index in [0.29, 0.717) is 25.8 Å². The third kappa shape index (κ3) is 2.56. The average molecular weight is 248 g/mol. The molecule has 4 N–H and O–H groups in total. The van der Waals surface area contributed by atoms with E-state index in [0.717, 1.165) is 12.8 Å². The van der Waals surface area contributed by atoms with E-state index in [1.807, 2.05) is 0 Å². The van der Waals surface area contributed by atoms with Gasteiger partial charge in [0.15, 0.2) is 9.84 Å². The molecular formula is C10H20N2O3S. The van der Waals surface area contributed by atoms with Gasteiger partial charge in [-0.2, -0.15) is 0 Å². The molecule has 0 spiro atoms. The van der Waals surface area contributed by atoms with E-state index >= 15 is 0 Å². The van der Waals surface area contributed by atoms with Crippen molar-refractivity contribution in [1.29, 1.82) is 0 Å². The number of hydrogen-bond donors (Lipinski definition) is 3. The van der Waals surface area contributed by atoms with Crippen LogP contribution in [0.1, 0.15) is 32.1 Å². The first-order valence-corrected chi connectivity index (χ1v) is 7.56. The van der Waals surface area contributed by atoms with Crippen LogP contribution in [0, 0.1) is 0 Å². The molecule has 2 rings (SSSR count). The van der Waals surface area contributed by atoms with Gasteiger partial charge in [0.05, 0.1) is 11.4 Å². The largest absolute Gasteiger partial charge is 0.389 e. The summed E-state index contributed by atoms with van der Waals surface area (Å²) in [5.41, 5.74) is 4.93. The van der Waals surface area contributed by atoms with Crippen molar-refractivity contribution in [2.75, 3.05) is 12.3 Å². The molecule has 6 heteroatoms. The van der Waals surface area contributed by atoms with Crippen LogP contribution in [0.4, 0.5) is 0 Å². The summed E-state index contributed by atoms with van der Waals surface area (Å²) in [5, 5.41) is 12.7. The summed E-state index contributed by atoms with van der Waals surface area (Å²) in [4.78, 5) is 0. The van der Waals surface area contributed by atoms with Gasteiger partial charge >= 0.3 is 0 Å². The zero-order chi connectivity index (χ0) is 11.8. The minimum atomic E-state index is -2.97. The van der Waals surface area contributed by atoms with Crippen molar-refractivity contribution >= 4 is 9.84 Å². The summed E-state index contributed by atoms with van der Waals surface area (Å²) in [5.74, 6) is 0.266. The molecule has 1 aliphatic heterocycles. The number of aliphatic hydroxyl groups is 1. The van der Waals surface area contributed by atoms with Crippen molar-refractivity contribution in [3.05, 3.63) is 0 Å². The van der Waals surface area contributed by atoms with E-state index in [-0.39, 0.29) is 11.8 Å². The predicted octanol–water partition coefficient (Wildman–Crippen LogP) is -0.647. The molecule has 1 saturated carbocycles. The molecule has 5 nitrogen and oxygen atoms in total. The maximum atomic E-state index is 11.6. The summed E-state index contributed by atoms with van der Waals surface area (Å²) in [6.07, 6.45) is 3.42. The van der Waals surface area contributed by atoms with Crippen LogP contribution in [-0.4, -0.2) is 42.8 Å². The van der Waals surface area contributed by atoms with Crippen LogP contribution in [0.25, 0.3) is 0 Å². The van der Waals surface area contributed by atoms with E-state index < -0.39 is 20.8 Å². The van der Waals surface area contributed by atoms with Gasteiger partial charge in [0.25, 0.3) is 0 Å². The molecule has 2 aliphatic rings. The first-order chi connectivity index (χ1) is 7.41. The van der Waals surface area contributed by atoms with Crippen molar-refractivity contribution in [2.24, 2.45) is 5.73 Å². The van der Waals surface area contributed by atoms with Gasteiger partial charge in [-0.15, -0.1) is 0 Å². The molecule has 1 aliphatic carbocycles. The van der Waals surface area contributed by atoms with Crippen molar-refractivity contribution in [3.63, 3.8) is 0 Å². The third-order valence-corrected chi connectivity index (χ3v) is 5.74. The zero-order valence-electron chi connectivity index (χ0n) is 9.35. The minimum Gasteiger partial charge on any atom is -0.389 e. The Morgan fingerprint density at radius 1 is 1.44 bits per heavy atom. The minimum absolute atomic E-state index is 0.0481. The lowest BCUT2D eigenvalue weighted by molar-refractivity contribution is 0.0457. The summed E-state index contributed by atoms with van der Waals surface area (Å²) in [6, 6.07) is 0.0481. The lowest BCUT2D eigenvalue weighted by Crippen LogP contribution is -2.45. The highest BCUT2D eigenvalue weighted by atomic mass is 32.2. The number of rotatable bonds is 3. The summed E-state index contributed by atoms with van der Waals surface area (Å²) >= 11 is 0. The summed E-state index contributed by atoms with van der Waals surface area (Å²) in [7, 11) is -2.97. The first-order valence-electron chi connectivity index (χ1n) is 5.84. The quantitative estimate of drug-likeness (QED) is 0.617. The van der Waals surface area contributed by atoms with Gasteiger partial charge in [-0.05, 0) is 32.1 Å². The van der Waals surface area contributed by atoms with Gasteiger partial charge in [0.1, 0.15) is 5.37 Å². The fourth-order valence-corrected chi connectivity index (χ4v) is 4.35. The molecule has 2 fully saturated rings. The number of nitrogens with one attached hydrogen (secondary N) is 1. The van der Waals surface area contributed by atoms with Crippen LogP contribution in [0.3, 0.4) is 0 Å². The Morgan fingerprint density at radius 3 is 2.69 bits per heavy atom. The van der Waals surface area contributed by atoms with Gasteiger partial charge in [-0.3, -0.25) is 5.32 Å². The van der Waals surface area contributed by atoms with Crippen LogP contribution < -0.4 is 11.1 Å². The standard InChI is InChI=1S/C10H20N2O3S/c11-8-3-4-10(13,6-8)7-12-9-2-1-5-16(9,14)15/h8-9,12-13H,1-7,11H2. The highest BCUT2D eigenvalue weighted by Gasteiger charge is 2.38. The molecule has 94 valence electrons. The van der Waals surface area contributed by atoms with Gasteiger partial charge in [0, 0.05) is 12.6 Å². The van der Waals surface area contributed by atoms with Gasteiger partial charge < -0.3 is 10.8 Å². The maximum absolute atomic E-state index is 11.6. The number of sulfone groups is 1. The maximum Gasteiger partial charge on any atom is 0.166 e. The molecule has 0 amide bonds. The van der Waals surface area contributed by atoms with E-state index in [4.69, 9.17) is 5.73 Å². The predicted molar refractivity (Wildman–Crippen MR) is 61.6 cm³/mol. The van der Waals surface area contributed by atoms with Crippen molar-refractivity contribution in [2.45, 2.75) is 49.1 Å². The van der Waals surface area contributed by atoms with Gasteiger partial charge in [0.2, 0.25) is 0 Å². The van der Waals surface area contributed by atoms with Crippen molar-refractivity contribution in [1.82, 2.24) is 5.32 Å². The van der Waals surface area contributed by atoms with Crippen LogP contribution in [0.15, 0.2) is 0 Å². The van der Waals surface area contributed by atoms with Crippen LogP contribution in [0.5, 0.6) is 0 Å². The molecule has 0 radical (unpaired) electrons. The molecule has 3 unspecified atom stereocenters. The van der Waals surface area contributed by atoms with Crippen molar-refractivity contribution in [3.8, 4) is 0 Å². The molecule has 1 saturated heterocycles. The molecule has 0 aromatic heterocycles. The third-order valence-electron chi connectivity index (χ3n) is 3.61. The Hall–Kier alpha value is -0.170. The molecule has 0 aromatic carbocycles. The molecule has 3 atom stereocenters. The summed E-state index contributed by atoms with van der Waals surface area (Å²) < 4.78 is 23.1. The Morgan fingerprint density at radius 2 is 2.19 bits per heavy atom. The average Bonchev–Trinajstić information content (AvgIpc) is 2.68. The second-order valence-corrected chi connectivity index (χ2v) is 7.41. The first kappa shape index (κ1) is 12.3. The molecule has 1 heterocycles. The second kappa shape index (κ2) is 4.25. The van der Waals surface area contributed by atoms with E-state index in [1.165, 1.54) is 0 Å². The Balaban J connectivity index is 1.88. The van der Waals surface area contributed by atoms with E-state index in [1.54, 1.807) is 0 Å². The van der Waals surface area contributed by atoms with E-state index in [2.05, 4.69) is 5.32 Å². The highest BCUT2D eigenvalue weighted by molar-refractivity contribution is 7.92. The van der Waals surface area contributed by atoms with Crippen molar-refractivity contribution < 1.29 is 13.5 Å². The molecule has 0 aromatic rings.